The Morgan fingerprint density at radius 2 is 1.77 bits per heavy atom. The van der Waals surface area contributed by atoms with Crippen molar-refractivity contribution in [2.24, 2.45) is 5.92 Å². The first kappa shape index (κ1) is 20.8. The zero-order valence-corrected chi connectivity index (χ0v) is 18.5. The van der Waals surface area contributed by atoms with E-state index in [2.05, 4.69) is 41.2 Å². The van der Waals surface area contributed by atoms with Crippen LogP contribution in [0.25, 0.3) is 16.7 Å². The molecule has 0 aliphatic heterocycles. The summed E-state index contributed by atoms with van der Waals surface area (Å²) in [6, 6.07) is 17.8. The van der Waals surface area contributed by atoms with Crippen LogP contribution in [0.3, 0.4) is 0 Å². The van der Waals surface area contributed by atoms with Crippen LogP contribution in [0.1, 0.15) is 49.1 Å². The second-order valence-electron chi connectivity index (χ2n) is 8.33. The number of nitrogens with zero attached hydrogens (tertiary/aromatic N) is 3. The molecule has 160 valence electrons. The maximum atomic E-state index is 12.8. The highest BCUT2D eigenvalue weighted by Gasteiger charge is 2.22. The number of rotatable bonds is 7. The van der Waals surface area contributed by atoms with Crippen LogP contribution >= 0.6 is 0 Å². The predicted molar refractivity (Wildman–Crippen MR) is 123 cm³/mol. The van der Waals surface area contributed by atoms with Crippen molar-refractivity contribution in [3.63, 3.8) is 0 Å². The van der Waals surface area contributed by atoms with E-state index in [0.29, 0.717) is 12.8 Å². The summed E-state index contributed by atoms with van der Waals surface area (Å²) in [6.07, 6.45) is 1.06. The van der Waals surface area contributed by atoms with Gasteiger partial charge in [0.25, 0.3) is 0 Å². The third kappa shape index (κ3) is 4.38. The van der Waals surface area contributed by atoms with Gasteiger partial charge in [-0.25, -0.2) is 9.67 Å². The first-order valence-corrected chi connectivity index (χ1v) is 10.8. The molecule has 0 bridgehead atoms. The Hall–Kier alpha value is -3.41. The third-order valence-electron chi connectivity index (χ3n) is 5.73. The second-order valence-corrected chi connectivity index (χ2v) is 8.33. The van der Waals surface area contributed by atoms with Gasteiger partial charge in [-0.1, -0.05) is 44.2 Å². The smallest absolute Gasteiger partial charge is 0.220 e. The van der Waals surface area contributed by atoms with Crippen LogP contribution in [0.2, 0.25) is 0 Å². The van der Waals surface area contributed by atoms with E-state index in [1.165, 1.54) is 0 Å². The Labute approximate surface area is 182 Å². The number of hydrogen-bond acceptors (Lipinski definition) is 3. The molecule has 31 heavy (non-hydrogen) atoms. The summed E-state index contributed by atoms with van der Waals surface area (Å²) in [5, 5.41) is 7.87. The Kier molecular flexibility index (Phi) is 5.89. The van der Waals surface area contributed by atoms with Crippen LogP contribution in [-0.4, -0.2) is 25.7 Å². The van der Waals surface area contributed by atoms with Gasteiger partial charge in [-0.15, -0.1) is 0 Å². The molecule has 0 saturated carbocycles. The summed E-state index contributed by atoms with van der Waals surface area (Å²) >= 11 is 0. The number of imidazole rings is 1. The van der Waals surface area contributed by atoms with Gasteiger partial charge in [0.15, 0.2) is 0 Å². The van der Waals surface area contributed by atoms with Crippen LogP contribution < -0.4 is 5.32 Å². The van der Waals surface area contributed by atoms with Gasteiger partial charge >= 0.3 is 0 Å². The fourth-order valence-corrected chi connectivity index (χ4v) is 4.01. The molecule has 0 fully saturated rings. The number of aromatic nitrogens is 4. The lowest BCUT2D eigenvalue weighted by Crippen LogP contribution is -2.32. The number of benzene rings is 2. The lowest BCUT2D eigenvalue weighted by Gasteiger charge is -2.20. The Balaban J connectivity index is 1.46. The standard InChI is InChI=1S/C25H29N5O/c1-16(2)24(25-26-21-12-8-9-13-22(21)27-25)28-23(31)15-14-20-17(3)29-30(18(20)4)19-10-6-5-7-11-19/h5-13,16,24H,14-15H2,1-4H3,(H,26,27)(H,28,31). The van der Waals surface area contributed by atoms with Gasteiger partial charge in [-0.05, 0) is 56.0 Å². The first-order chi connectivity index (χ1) is 14.9. The van der Waals surface area contributed by atoms with Crippen LogP contribution in [0.15, 0.2) is 54.6 Å². The minimum absolute atomic E-state index is 0.0189. The van der Waals surface area contributed by atoms with Crippen molar-refractivity contribution in [3.05, 3.63) is 77.4 Å². The van der Waals surface area contributed by atoms with Gasteiger partial charge in [0.05, 0.1) is 28.5 Å². The lowest BCUT2D eigenvalue weighted by atomic mass is 10.0. The number of carbonyl (C=O) groups is 1. The summed E-state index contributed by atoms with van der Waals surface area (Å²) in [5.74, 6) is 1.04. The highest BCUT2D eigenvalue weighted by atomic mass is 16.1. The first-order valence-electron chi connectivity index (χ1n) is 10.8. The molecular formula is C25H29N5O. The van der Waals surface area contributed by atoms with Crippen LogP contribution in [0, 0.1) is 19.8 Å². The normalized spacial score (nSPS) is 12.4. The van der Waals surface area contributed by atoms with Crippen molar-refractivity contribution in [3.8, 4) is 5.69 Å². The monoisotopic (exact) mass is 415 g/mol. The molecule has 4 aromatic rings. The van der Waals surface area contributed by atoms with E-state index in [4.69, 9.17) is 0 Å². The number of fused-ring (bicyclic) bond motifs is 1. The van der Waals surface area contributed by atoms with Gasteiger partial charge in [0.1, 0.15) is 5.82 Å². The van der Waals surface area contributed by atoms with E-state index in [1.807, 2.05) is 66.2 Å². The number of para-hydroxylation sites is 3. The van der Waals surface area contributed by atoms with E-state index in [9.17, 15) is 4.79 Å². The van der Waals surface area contributed by atoms with Crippen LogP contribution in [-0.2, 0) is 11.2 Å². The van der Waals surface area contributed by atoms with Gasteiger partial charge in [0, 0.05) is 12.1 Å². The Bertz CT molecular complexity index is 1160. The number of carbonyl (C=O) groups excluding carboxylic acids is 1. The van der Waals surface area contributed by atoms with Crippen molar-refractivity contribution < 1.29 is 4.79 Å². The molecule has 1 amide bonds. The fraction of sp³-hybridized carbons (Fsp3) is 0.320. The minimum Gasteiger partial charge on any atom is -0.346 e. The maximum absolute atomic E-state index is 12.8. The molecule has 6 nitrogen and oxygen atoms in total. The third-order valence-corrected chi connectivity index (χ3v) is 5.73. The summed E-state index contributed by atoms with van der Waals surface area (Å²) in [7, 11) is 0. The molecule has 1 atom stereocenters. The van der Waals surface area contributed by atoms with Crippen molar-refractivity contribution in [1.82, 2.24) is 25.1 Å². The number of aromatic amines is 1. The number of amides is 1. The molecule has 6 heteroatoms. The molecular weight excluding hydrogens is 386 g/mol. The fourth-order valence-electron chi connectivity index (χ4n) is 4.01. The second kappa shape index (κ2) is 8.76. The predicted octanol–water partition coefficient (Wildman–Crippen LogP) is 4.81. The summed E-state index contributed by atoms with van der Waals surface area (Å²) < 4.78 is 1.95. The molecule has 4 rings (SSSR count). The summed E-state index contributed by atoms with van der Waals surface area (Å²) in [5.41, 5.74) is 6.10. The molecule has 2 aromatic carbocycles. The van der Waals surface area contributed by atoms with Gasteiger partial charge < -0.3 is 10.3 Å². The number of H-pyrrole nitrogens is 1. The summed E-state index contributed by atoms with van der Waals surface area (Å²) in [6.45, 7) is 8.25. The molecule has 2 N–H and O–H groups in total. The van der Waals surface area contributed by atoms with Gasteiger partial charge in [-0.3, -0.25) is 4.79 Å². The van der Waals surface area contributed by atoms with E-state index in [0.717, 1.165) is 39.5 Å². The van der Waals surface area contributed by atoms with Crippen LogP contribution in [0.5, 0.6) is 0 Å². The Morgan fingerprint density at radius 3 is 2.48 bits per heavy atom. The number of aryl methyl sites for hydroxylation is 1. The zero-order valence-electron chi connectivity index (χ0n) is 18.5. The van der Waals surface area contributed by atoms with Crippen molar-refractivity contribution in [2.45, 2.75) is 46.6 Å². The molecule has 2 aromatic heterocycles. The highest BCUT2D eigenvalue weighted by molar-refractivity contribution is 5.78. The quantitative estimate of drug-likeness (QED) is 0.455. The average molecular weight is 416 g/mol. The van der Waals surface area contributed by atoms with Gasteiger partial charge in [0.2, 0.25) is 5.91 Å². The largest absolute Gasteiger partial charge is 0.346 e. The van der Waals surface area contributed by atoms with Gasteiger partial charge in [-0.2, -0.15) is 5.10 Å². The summed E-state index contributed by atoms with van der Waals surface area (Å²) in [4.78, 5) is 20.9. The number of nitrogens with one attached hydrogen (secondary N) is 2. The van der Waals surface area contributed by atoms with Crippen molar-refractivity contribution in [1.29, 1.82) is 0 Å². The molecule has 0 radical (unpaired) electrons. The molecule has 0 aliphatic rings. The van der Waals surface area contributed by atoms with E-state index in [-0.39, 0.29) is 17.9 Å². The van der Waals surface area contributed by atoms with E-state index >= 15 is 0 Å². The molecule has 1 unspecified atom stereocenters. The molecule has 0 aliphatic carbocycles. The lowest BCUT2D eigenvalue weighted by molar-refractivity contribution is -0.122. The van der Waals surface area contributed by atoms with Crippen molar-refractivity contribution in [2.75, 3.05) is 0 Å². The highest BCUT2D eigenvalue weighted by Crippen LogP contribution is 2.23. The number of hydrogen-bond donors (Lipinski definition) is 2. The van der Waals surface area contributed by atoms with E-state index < -0.39 is 0 Å². The molecule has 2 heterocycles. The zero-order chi connectivity index (χ0) is 22.0. The van der Waals surface area contributed by atoms with Crippen LogP contribution in [0.4, 0.5) is 0 Å². The molecule has 0 spiro atoms. The maximum Gasteiger partial charge on any atom is 0.220 e. The Morgan fingerprint density at radius 1 is 1.06 bits per heavy atom. The van der Waals surface area contributed by atoms with E-state index in [1.54, 1.807) is 0 Å². The van der Waals surface area contributed by atoms with Crippen molar-refractivity contribution >= 4 is 16.9 Å². The average Bonchev–Trinajstić information content (AvgIpc) is 3.31. The minimum atomic E-state index is -0.158. The molecule has 0 saturated heterocycles. The SMILES string of the molecule is Cc1nn(-c2ccccc2)c(C)c1CCC(=O)NC(c1nc2ccccc2[nH]1)C(C)C. The topological polar surface area (TPSA) is 75.6 Å².